The molecule has 0 spiro atoms. The largest absolute Gasteiger partial charge is 0.478 e. The number of carboxylic acid groups (broad SMARTS) is 1. The lowest BCUT2D eigenvalue weighted by atomic mass is 9.98. The molecule has 1 N–H and O–H groups in total. The Morgan fingerprint density at radius 1 is 0.842 bits per heavy atom. The van der Waals surface area contributed by atoms with E-state index in [2.05, 4.69) is 0 Å². The van der Waals surface area contributed by atoms with E-state index in [0.29, 0.717) is 5.57 Å². The van der Waals surface area contributed by atoms with Gasteiger partial charge in [-0.05, 0) is 30.5 Å². The summed E-state index contributed by atoms with van der Waals surface area (Å²) in [6, 6.07) is 17.7. The van der Waals surface area contributed by atoms with Crippen LogP contribution in [0.3, 0.4) is 0 Å². The van der Waals surface area contributed by atoms with E-state index in [-0.39, 0.29) is 0 Å². The fraction of sp³-hybridized carbons (Fsp3) is 0.118. The highest BCUT2D eigenvalue weighted by atomic mass is 16.4. The van der Waals surface area contributed by atoms with E-state index >= 15 is 0 Å². The van der Waals surface area contributed by atoms with Crippen LogP contribution >= 0.6 is 0 Å². The number of rotatable bonds is 3. The van der Waals surface area contributed by atoms with Crippen molar-refractivity contribution in [2.75, 3.05) is 0 Å². The standard InChI is InChI=1S/C17H16O2/c1-12(2)16(17(18)19)15-10-8-14(9-11-15)13-6-4-3-5-7-13/h3-11H,1-2H3,(H,18,19). The molecule has 0 aliphatic carbocycles. The Kier molecular flexibility index (Phi) is 3.81. The molecule has 0 unspecified atom stereocenters. The van der Waals surface area contributed by atoms with E-state index in [0.717, 1.165) is 22.3 Å². The minimum Gasteiger partial charge on any atom is -0.478 e. The maximum absolute atomic E-state index is 11.2. The van der Waals surface area contributed by atoms with E-state index in [1.54, 1.807) is 0 Å². The van der Waals surface area contributed by atoms with Crippen molar-refractivity contribution in [2.45, 2.75) is 13.8 Å². The van der Waals surface area contributed by atoms with Gasteiger partial charge < -0.3 is 5.11 Å². The van der Waals surface area contributed by atoms with Gasteiger partial charge in [0, 0.05) is 0 Å². The van der Waals surface area contributed by atoms with E-state index in [4.69, 9.17) is 0 Å². The van der Waals surface area contributed by atoms with Gasteiger partial charge in [-0.2, -0.15) is 0 Å². The number of allylic oxidation sites excluding steroid dienone is 1. The van der Waals surface area contributed by atoms with Gasteiger partial charge in [-0.25, -0.2) is 4.79 Å². The first kappa shape index (κ1) is 13.1. The highest BCUT2D eigenvalue weighted by Gasteiger charge is 2.11. The summed E-state index contributed by atoms with van der Waals surface area (Å²) >= 11 is 0. The zero-order valence-electron chi connectivity index (χ0n) is 11.1. The molecular formula is C17H16O2. The molecule has 2 aromatic carbocycles. The molecule has 0 amide bonds. The van der Waals surface area contributed by atoms with Gasteiger partial charge in [-0.3, -0.25) is 0 Å². The molecule has 96 valence electrons. The molecule has 2 aromatic rings. The van der Waals surface area contributed by atoms with Gasteiger partial charge in [0.2, 0.25) is 0 Å². The topological polar surface area (TPSA) is 37.3 Å². The number of benzene rings is 2. The van der Waals surface area contributed by atoms with Crippen LogP contribution in [-0.2, 0) is 4.79 Å². The third-order valence-corrected chi connectivity index (χ3v) is 2.99. The number of hydrogen-bond donors (Lipinski definition) is 1. The van der Waals surface area contributed by atoms with Crippen molar-refractivity contribution in [1.82, 2.24) is 0 Å². The fourth-order valence-corrected chi connectivity index (χ4v) is 2.09. The zero-order valence-corrected chi connectivity index (χ0v) is 11.1. The van der Waals surface area contributed by atoms with Crippen LogP contribution in [0, 0.1) is 0 Å². The Morgan fingerprint density at radius 2 is 1.37 bits per heavy atom. The van der Waals surface area contributed by atoms with Crippen LogP contribution in [0.1, 0.15) is 19.4 Å². The van der Waals surface area contributed by atoms with Gasteiger partial charge in [0.05, 0.1) is 5.57 Å². The molecule has 0 atom stereocenters. The monoisotopic (exact) mass is 252 g/mol. The maximum atomic E-state index is 11.2. The van der Waals surface area contributed by atoms with E-state index in [1.165, 1.54) is 0 Å². The Morgan fingerprint density at radius 3 is 1.84 bits per heavy atom. The van der Waals surface area contributed by atoms with Crippen LogP contribution in [0.4, 0.5) is 0 Å². The van der Waals surface area contributed by atoms with Gasteiger partial charge in [0.15, 0.2) is 0 Å². The molecule has 0 fully saturated rings. The van der Waals surface area contributed by atoms with Crippen LogP contribution in [0.5, 0.6) is 0 Å². The molecular weight excluding hydrogens is 236 g/mol. The molecule has 2 heteroatoms. The van der Waals surface area contributed by atoms with Crippen LogP contribution in [0.15, 0.2) is 60.2 Å². The lowest BCUT2D eigenvalue weighted by Gasteiger charge is -2.07. The minimum absolute atomic E-state index is 0.375. The van der Waals surface area contributed by atoms with E-state index in [9.17, 15) is 9.90 Å². The van der Waals surface area contributed by atoms with Crippen molar-refractivity contribution in [3.63, 3.8) is 0 Å². The average molecular weight is 252 g/mol. The molecule has 0 aliphatic heterocycles. The van der Waals surface area contributed by atoms with Crippen LogP contribution in [-0.4, -0.2) is 11.1 Å². The summed E-state index contributed by atoms with van der Waals surface area (Å²) in [6.45, 7) is 3.63. The Labute approximate surface area is 113 Å². The maximum Gasteiger partial charge on any atom is 0.336 e. The van der Waals surface area contributed by atoms with Crippen molar-refractivity contribution in [2.24, 2.45) is 0 Å². The summed E-state index contributed by atoms with van der Waals surface area (Å²) in [5, 5.41) is 9.23. The van der Waals surface area contributed by atoms with E-state index < -0.39 is 5.97 Å². The predicted octanol–water partition coefficient (Wildman–Crippen LogP) is 4.23. The number of carboxylic acids is 1. The van der Waals surface area contributed by atoms with Crippen molar-refractivity contribution in [1.29, 1.82) is 0 Å². The molecule has 0 aromatic heterocycles. The third kappa shape index (κ3) is 2.91. The fourth-order valence-electron chi connectivity index (χ4n) is 2.09. The highest BCUT2D eigenvalue weighted by molar-refractivity contribution is 6.16. The summed E-state index contributed by atoms with van der Waals surface area (Å²) in [5.41, 5.74) is 4.14. The highest BCUT2D eigenvalue weighted by Crippen LogP contribution is 2.24. The van der Waals surface area contributed by atoms with Crippen LogP contribution in [0.2, 0.25) is 0 Å². The molecule has 19 heavy (non-hydrogen) atoms. The van der Waals surface area contributed by atoms with Gasteiger partial charge in [-0.15, -0.1) is 0 Å². The minimum atomic E-state index is -0.882. The van der Waals surface area contributed by atoms with Crippen molar-refractivity contribution >= 4 is 11.5 Å². The van der Waals surface area contributed by atoms with E-state index in [1.807, 2.05) is 68.4 Å². The molecule has 0 bridgehead atoms. The van der Waals surface area contributed by atoms with Crippen molar-refractivity contribution in [3.8, 4) is 11.1 Å². The van der Waals surface area contributed by atoms with Crippen molar-refractivity contribution < 1.29 is 9.90 Å². The van der Waals surface area contributed by atoms with Gasteiger partial charge in [-0.1, -0.05) is 60.2 Å². The molecule has 2 nitrogen and oxygen atoms in total. The quantitative estimate of drug-likeness (QED) is 0.830. The average Bonchev–Trinajstić information content (AvgIpc) is 2.40. The number of hydrogen-bond acceptors (Lipinski definition) is 1. The molecule has 0 saturated heterocycles. The first-order chi connectivity index (χ1) is 9.09. The summed E-state index contributed by atoms with van der Waals surface area (Å²) < 4.78 is 0. The summed E-state index contributed by atoms with van der Waals surface area (Å²) in [5.74, 6) is -0.882. The summed E-state index contributed by atoms with van der Waals surface area (Å²) in [4.78, 5) is 11.2. The zero-order chi connectivity index (χ0) is 13.8. The van der Waals surface area contributed by atoms with Gasteiger partial charge in [0.25, 0.3) is 0 Å². The van der Waals surface area contributed by atoms with Crippen LogP contribution in [0.25, 0.3) is 16.7 Å². The lowest BCUT2D eigenvalue weighted by molar-refractivity contribution is -0.130. The SMILES string of the molecule is CC(C)=C(C(=O)O)c1ccc(-c2ccccc2)cc1. The first-order valence-corrected chi connectivity index (χ1v) is 6.16. The molecule has 0 heterocycles. The van der Waals surface area contributed by atoms with Gasteiger partial charge >= 0.3 is 5.97 Å². The van der Waals surface area contributed by atoms with Gasteiger partial charge in [0.1, 0.15) is 0 Å². The number of aliphatic carboxylic acids is 1. The van der Waals surface area contributed by atoms with Crippen LogP contribution < -0.4 is 0 Å². The second kappa shape index (κ2) is 5.53. The lowest BCUT2D eigenvalue weighted by Crippen LogP contribution is -2.01. The Balaban J connectivity index is 2.39. The Hall–Kier alpha value is -2.35. The molecule has 0 radical (unpaired) electrons. The first-order valence-electron chi connectivity index (χ1n) is 6.16. The molecule has 0 saturated carbocycles. The summed E-state index contributed by atoms with van der Waals surface area (Å²) in [6.07, 6.45) is 0. The third-order valence-electron chi connectivity index (χ3n) is 2.99. The molecule has 0 aliphatic rings. The number of carbonyl (C=O) groups is 1. The smallest absolute Gasteiger partial charge is 0.336 e. The normalized spacial score (nSPS) is 10.0. The van der Waals surface area contributed by atoms with Crippen molar-refractivity contribution in [3.05, 3.63) is 65.7 Å². The molecule has 2 rings (SSSR count). The summed E-state index contributed by atoms with van der Waals surface area (Å²) in [7, 11) is 0. The predicted molar refractivity (Wildman–Crippen MR) is 77.8 cm³/mol. The second-order valence-electron chi connectivity index (χ2n) is 4.62. The Bertz CT molecular complexity index is 603. The second-order valence-corrected chi connectivity index (χ2v) is 4.62.